The zero-order valence-electron chi connectivity index (χ0n) is 10.3. The SMILES string of the molecule is CCS(=O)(=O)N1CCC[C@H](Oc2ncccn2)C1. The molecule has 0 bridgehead atoms. The Kier molecular flexibility index (Phi) is 4.13. The second-order valence-corrected chi connectivity index (χ2v) is 6.43. The van der Waals surface area contributed by atoms with Crippen molar-refractivity contribution in [3.8, 4) is 6.01 Å². The lowest BCUT2D eigenvalue weighted by Gasteiger charge is -2.31. The number of sulfonamides is 1. The standard InChI is InChI=1S/C11H17N3O3S/c1-2-18(15,16)14-8-3-5-10(9-14)17-11-12-6-4-7-13-11/h4,6-7,10H,2-3,5,8-9H2,1H3/t10-/m0/s1. The molecule has 0 spiro atoms. The van der Waals surface area contributed by atoms with Gasteiger partial charge in [0.25, 0.3) is 0 Å². The molecule has 0 aliphatic carbocycles. The maximum Gasteiger partial charge on any atom is 0.316 e. The van der Waals surface area contributed by atoms with E-state index in [-0.39, 0.29) is 11.9 Å². The molecule has 6 nitrogen and oxygen atoms in total. The molecule has 0 radical (unpaired) electrons. The van der Waals surface area contributed by atoms with Gasteiger partial charge in [-0.2, -0.15) is 4.31 Å². The first-order chi connectivity index (χ1) is 8.62. The number of piperidine rings is 1. The molecular formula is C11H17N3O3S. The molecule has 1 fully saturated rings. The summed E-state index contributed by atoms with van der Waals surface area (Å²) < 4.78 is 30.7. The van der Waals surface area contributed by atoms with Gasteiger partial charge in [0.05, 0.1) is 12.3 Å². The van der Waals surface area contributed by atoms with Crippen molar-refractivity contribution in [3.05, 3.63) is 18.5 Å². The minimum atomic E-state index is -3.13. The van der Waals surface area contributed by atoms with Crippen LogP contribution in [-0.4, -0.2) is 47.6 Å². The molecule has 0 unspecified atom stereocenters. The van der Waals surface area contributed by atoms with E-state index in [1.165, 1.54) is 4.31 Å². The Balaban J connectivity index is 1.99. The highest BCUT2D eigenvalue weighted by Crippen LogP contribution is 2.17. The summed E-state index contributed by atoms with van der Waals surface area (Å²) in [6.07, 6.45) is 4.67. The molecule has 0 N–H and O–H groups in total. The number of ether oxygens (including phenoxy) is 1. The Morgan fingerprint density at radius 2 is 2.17 bits per heavy atom. The first-order valence-corrected chi connectivity index (χ1v) is 7.64. The predicted molar refractivity (Wildman–Crippen MR) is 66.7 cm³/mol. The van der Waals surface area contributed by atoms with E-state index in [0.29, 0.717) is 19.1 Å². The molecule has 0 amide bonds. The highest BCUT2D eigenvalue weighted by molar-refractivity contribution is 7.89. The second kappa shape index (κ2) is 5.62. The summed E-state index contributed by atoms with van der Waals surface area (Å²) in [5, 5.41) is 0. The first kappa shape index (κ1) is 13.2. The molecule has 1 aliphatic heterocycles. The van der Waals surface area contributed by atoms with Crippen LogP contribution in [0.25, 0.3) is 0 Å². The monoisotopic (exact) mass is 271 g/mol. The summed E-state index contributed by atoms with van der Waals surface area (Å²) >= 11 is 0. The van der Waals surface area contributed by atoms with E-state index in [4.69, 9.17) is 4.74 Å². The normalized spacial score (nSPS) is 21.7. The van der Waals surface area contributed by atoms with Gasteiger partial charge < -0.3 is 4.74 Å². The van der Waals surface area contributed by atoms with Crippen molar-refractivity contribution in [1.82, 2.24) is 14.3 Å². The Labute approximate surface area is 107 Å². The van der Waals surface area contributed by atoms with Crippen molar-refractivity contribution in [2.75, 3.05) is 18.8 Å². The fourth-order valence-electron chi connectivity index (χ4n) is 1.93. The molecule has 0 aromatic carbocycles. The first-order valence-electron chi connectivity index (χ1n) is 6.03. The van der Waals surface area contributed by atoms with Crippen LogP contribution in [0.2, 0.25) is 0 Å². The van der Waals surface area contributed by atoms with Gasteiger partial charge in [-0.25, -0.2) is 18.4 Å². The molecule has 2 rings (SSSR count). The average Bonchev–Trinajstić information content (AvgIpc) is 2.40. The van der Waals surface area contributed by atoms with Crippen LogP contribution in [0.1, 0.15) is 19.8 Å². The maximum atomic E-state index is 11.8. The molecule has 1 aromatic rings. The largest absolute Gasteiger partial charge is 0.459 e. The Hall–Kier alpha value is -1.21. The third kappa shape index (κ3) is 3.17. The number of rotatable bonds is 4. The Morgan fingerprint density at radius 3 is 2.83 bits per heavy atom. The van der Waals surface area contributed by atoms with Gasteiger partial charge in [0, 0.05) is 18.9 Å². The van der Waals surface area contributed by atoms with Gasteiger partial charge in [-0.3, -0.25) is 0 Å². The lowest BCUT2D eigenvalue weighted by molar-refractivity contribution is 0.119. The minimum absolute atomic E-state index is 0.127. The molecular weight excluding hydrogens is 254 g/mol. The van der Waals surface area contributed by atoms with Crippen molar-refractivity contribution < 1.29 is 13.2 Å². The van der Waals surface area contributed by atoms with Crippen molar-refractivity contribution in [3.63, 3.8) is 0 Å². The number of hydrogen-bond donors (Lipinski definition) is 0. The molecule has 1 atom stereocenters. The second-order valence-electron chi connectivity index (χ2n) is 4.17. The number of nitrogens with zero attached hydrogens (tertiary/aromatic N) is 3. The maximum absolute atomic E-state index is 11.8. The van der Waals surface area contributed by atoms with Gasteiger partial charge in [-0.05, 0) is 25.8 Å². The van der Waals surface area contributed by atoms with E-state index >= 15 is 0 Å². The zero-order valence-corrected chi connectivity index (χ0v) is 11.1. The van der Waals surface area contributed by atoms with Gasteiger partial charge in [-0.1, -0.05) is 0 Å². The summed E-state index contributed by atoms with van der Waals surface area (Å²) in [4.78, 5) is 7.96. The topological polar surface area (TPSA) is 72.4 Å². The van der Waals surface area contributed by atoms with Crippen LogP contribution in [0.4, 0.5) is 0 Å². The number of aromatic nitrogens is 2. The van der Waals surface area contributed by atoms with Gasteiger partial charge >= 0.3 is 6.01 Å². The summed E-state index contributed by atoms with van der Waals surface area (Å²) in [5.41, 5.74) is 0. The highest BCUT2D eigenvalue weighted by atomic mass is 32.2. The van der Waals surface area contributed by atoms with Crippen LogP contribution in [0.3, 0.4) is 0 Å². The lowest BCUT2D eigenvalue weighted by Crippen LogP contribution is -2.45. The van der Waals surface area contributed by atoms with E-state index in [1.54, 1.807) is 25.4 Å². The molecule has 18 heavy (non-hydrogen) atoms. The Bertz CT molecular complexity index is 478. The smallest absolute Gasteiger partial charge is 0.316 e. The highest BCUT2D eigenvalue weighted by Gasteiger charge is 2.28. The minimum Gasteiger partial charge on any atom is -0.459 e. The average molecular weight is 271 g/mol. The predicted octanol–water partition coefficient (Wildman–Crippen LogP) is 0.669. The van der Waals surface area contributed by atoms with Crippen LogP contribution in [-0.2, 0) is 10.0 Å². The zero-order chi connectivity index (χ0) is 13.0. The van der Waals surface area contributed by atoms with E-state index in [2.05, 4.69) is 9.97 Å². The van der Waals surface area contributed by atoms with Crippen molar-refractivity contribution in [2.24, 2.45) is 0 Å². The summed E-state index contributed by atoms with van der Waals surface area (Å²) in [6.45, 7) is 2.61. The fraction of sp³-hybridized carbons (Fsp3) is 0.636. The molecule has 0 saturated carbocycles. The van der Waals surface area contributed by atoms with Crippen LogP contribution < -0.4 is 4.74 Å². The van der Waals surface area contributed by atoms with Crippen molar-refractivity contribution in [2.45, 2.75) is 25.9 Å². The van der Waals surface area contributed by atoms with E-state index in [1.807, 2.05) is 0 Å². The van der Waals surface area contributed by atoms with Gasteiger partial charge in [-0.15, -0.1) is 0 Å². The molecule has 2 heterocycles. The summed E-state index contributed by atoms with van der Waals surface area (Å²) in [7, 11) is -3.13. The van der Waals surface area contributed by atoms with E-state index in [0.717, 1.165) is 12.8 Å². The van der Waals surface area contributed by atoms with Crippen LogP contribution >= 0.6 is 0 Å². The van der Waals surface area contributed by atoms with Gasteiger partial charge in [0.15, 0.2) is 0 Å². The quantitative estimate of drug-likeness (QED) is 0.804. The molecule has 100 valence electrons. The molecule has 1 saturated heterocycles. The number of hydrogen-bond acceptors (Lipinski definition) is 5. The molecule has 7 heteroatoms. The van der Waals surface area contributed by atoms with E-state index in [9.17, 15) is 8.42 Å². The van der Waals surface area contributed by atoms with Crippen molar-refractivity contribution >= 4 is 10.0 Å². The van der Waals surface area contributed by atoms with Crippen LogP contribution in [0, 0.1) is 0 Å². The third-order valence-corrected chi connectivity index (χ3v) is 4.76. The third-order valence-electron chi connectivity index (χ3n) is 2.91. The summed E-state index contributed by atoms with van der Waals surface area (Å²) in [6, 6.07) is 2.01. The Morgan fingerprint density at radius 1 is 1.44 bits per heavy atom. The summed E-state index contributed by atoms with van der Waals surface area (Å²) in [5.74, 6) is 0.127. The molecule has 1 aromatic heterocycles. The van der Waals surface area contributed by atoms with Crippen LogP contribution in [0.15, 0.2) is 18.5 Å². The lowest BCUT2D eigenvalue weighted by atomic mass is 10.1. The van der Waals surface area contributed by atoms with Crippen molar-refractivity contribution in [1.29, 1.82) is 0 Å². The van der Waals surface area contributed by atoms with Gasteiger partial charge in [0.2, 0.25) is 10.0 Å². The molecule has 1 aliphatic rings. The van der Waals surface area contributed by atoms with Crippen LogP contribution in [0.5, 0.6) is 6.01 Å². The van der Waals surface area contributed by atoms with Gasteiger partial charge in [0.1, 0.15) is 6.10 Å². The van der Waals surface area contributed by atoms with E-state index < -0.39 is 10.0 Å². The fourth-order valence-corrected chi connectivity index (χ4v) is 3.10.